The SMILES string of the molecule is COCCCN(CC(=O)N(Cc1ccccc1)Cc1cccs1)C(=O)c1ccc(C(F)(F)F)cc1. The van der Waals surface area contributed by atoms with Crippen molar-refractivity contribution in [2.75, 3.05) is 26.8 Å². The Bertz CT molecular complexity index is 1070. The number of carbonyl (C=O) groups is 2. The lowest BCUT2D eigenvalue weighted by molar-refractivity contribution is -0.137. The van der Waals surface area contributed by atoms with Crippen LogP contribution in [0.1, 0.15) is 32.8 Å². The molecule has 3 rings (SSSR count). The van der Waals surface area contributed by atoms with Crippen molar-refractivity contribution in [3.8, 4) is 0 Å². The molecular formula is C26H27F3N2O3S. The minimum atomic E-state index is -4.49. The van der Waals surface area contributed by atoms with Gasteiger partial charge in [0.05, 0.1) is 12.1 Å². The van der Waals surface area contributed by atoms with Crippen LogP contribution in [0, 0.1) is 0 Å². The number of thiophene rings is 1. The summed E-state index contributed by atoms with van der Waals surface area (Å²) in [5, 5.41) is 1.94. The van der Waals surface area contributed by atoms with Crippen LogP contribution in [0.25, 0.3) is 0 Å². The van der Waals surface area contributed by atoms with Crippen LogP contribution in [-0.4, -0.2) is 48.4 Å². The molecule has 5 nitrogen and oxygen atoms in total. The van der Waals surface area contributed by atoms with Crippen LogP contribution in [0.15, 0.2) is 72.1 Å². The highest BCUT2D eigenvalue weighted by Gasteiger charge is 2.30. The molecular weight excluding hydrogens is 477 g/mol. The monoisotopic (exact) mass is 504 g/mol. The Hall–Kier alpha value is -3.17. The van der Waals surface area contributed by atoms with E-state index in [1.54, 1.807) is 4.90 Å². The van der Waals surface area contributed by atoms with Crippen molar-refractivity contribution < 1.29 is 27.5 Å². The number of hydrogen-bond acceptors (Lipinski definition) is 4. The van der Waals surface area contributed by atoms with E-state index in [0.29, 0.717) is 26.1 Å². The number of hydrogen-bond donors (Lipinski definition) is 0. The van der Waals surface area contributed by atoms with E-state index in [0.717, 1.165) is 34.7 Å². The summed E-state index contributed by atoms with van der Waals surface area (Å²) >= 11 is 1.54. The van der Waals surface area contributed by atoms with Gasteiger partial charge in [0, 0.05) is 37.2 Å². The molecule has 0 aliphatic carbocycles. The lowest BCUT2D eigenvalue weighted by atomic mass is 10.1. The number of alkyl halides is 3. The zero-order valence-corrected chi connectivity index (χ0v) is 20.1. The molecule has 0 spiro atoms. The van der Waals surface area contributed by atoms with Gasteiger partial charge in [-0.15, -0.1) is 11.3 Å². The van der Waals surface area contributed by atoms with Crippen molar-refractivity contribution in [3.05, 3.63) is 93.7 Å². The predicted molar refractivity (Wildman–Crippen MR) is 129 cm³/mol. The minimum absolute atomic E-state index is 0.0936. The Morgan fingerprint density at radius 3 is 2.23 bits per heavy atom. The van der Waals surface area contributed by atoms with Gasteiger partial charge in [-0.05, 0) is 47.7 Å². The molecule has 0 aliphatic heterocycles. The number of ether oxygens (including phenoxy) is 1. The first-order valence-electron chi connectivity index (χ1n) is 11.1. The van der Waals surface area contributed by atoms with Crippen LogP contribution in [0.2, 0.25) is 0 Å². The van der Waals surface area contributed by atoms with E-state index in [9.17, 15) is 22.8 Å². The molecule has 0 fully saturated rings. The van der Waals surface area contributed by atoms with Gasteiger partial charge >= 0.3 is 6.18 Å². The molecule has 0 unspecified atom stereocenters. The molecule has 1 aromatic heterocycles. The Labute approximate surface area is 206 Å². The Morgan fingerprint density at radius 1 is 0.914 bits per heavy atom. The standard InChI is InChI=1S/C26H27F3N2O3S/c1-34-15-6-14-30(25(33)21-10-12-22(13-11-21)26(27,28)29)19-24(32)31(18-23-9-5-16-35-23)17-20-7-3-2-4-8-20/h2-5,7-13,16H,6,14-15,17-19H2,1H3. The number of nitrogens with zero attached hydrogens (tertiary/aromatic N) is 2. The Balaban J connectivity index is 1.79. The lowest BCUT2D eigenvalue weighted by Crippen LogP contribution is -2.43. The first kappa shape index (κ1) is 26.4. The van der Waals surface area contributed by atoms with Crippen LogP contribution in [0.3, 0.4) is 0 Å². The van der Waals surface area contributed by atoms with Gasteiger partial charge in [0.2, 0.25) is 5.91 Å². The maximum absolute atomic E-state index is 13.4. The second-order valence-corrected chi connectivity index (χ2v) is 9.00. The molecule has 186 valence electrons. The fourth-order valence-corrected chi connectivity index (χ4v) is 4.25. The van der Waals surface area contributed by atoms with Crippen LogP contribution in [0.5, 0.6) is 0 Å². The molecule has 0 N–H and O–H groups in total. The fraction of sp³-hybridized carbons (Fsp3) is 0.308. The number of halogens is 3. The molecule has 0 aliphatic rings. The molecule has 0 bridgehead atoms. The smallest absolute Gasteiger partial charge is 0.385 e. The maximum atomic E-state index is 13.4. The summed E-state index contributed by atoms with van der Waals surface area (Å²) < 4.78 is 43.8. The summed E-state index contributed by atoms with van der Waals surface area (Å²) in [6, 6.07) is 17.4. The van der Waals surface area contributed by atoms with E-state index in [-0.39, 0.29) is 24.6 Å². The predicted octanol–water partition coefficient (Wildman–Crippen LogP) is 5.47. The van der Waals surface area contributed by atoms with Gasteiger partial charge in [0.15, 0.2) is 0 Å². The molecule has 2 amide bonds. The number of rotatable bonds is 11. The average Bonchev–Trinajstić information content (AvgIpc) is 3.36. The zero-order valence-electron chi connectivity index (χ0n) is 19.3. The molecule has 3 aromatic rings. The Morgan fingerprint density at radius 2 is 1.63 bits per heavy atom. The second-order valence-electron chi connectivity index (χ2n) is 7.96. The number of amides is 2. The fourth-order valence-electron chi connectivity index (χ4n) is 3.53. The van der Waals surface area contributed by atoms with Crippen molar-refractivity contribution in [3.63, 3.8) is 0 Å². The van der Waals surface area contributed by atoms with E-state index in [1.807, 2.05) is 47.8 Å². The molecule has 0 radical (unpaired) electrons. The van der Waals surface area contributed by atoms with E-state index in [2.05, 4.69) is 0 Å². The van der Waals surface area contributed by atoms with Crippen molar-refractivity contribution in [2.45, 2.75) is 25.7 Å². The van der Waals surface area contributed by atoms with Gasteiger partial charge in [-0.25, -0.2) is 0 Å². The molecule has 2 aromatic carbocycles. The van der Waals surface area contributed by atoms with Gasteiger partial charge in [-0.1, -0.05) is 36.4 Å². The Kier molecular flexibility index (Phi) is 9.45. The highest BCUT2D eigenvalue weighted by atomic mass is 32.1. The van der Waals surface area contributed by atoms with Crippen LogP contribution in [-0.2, 0) is 28.8 Å². The summed E-state index contributed by atoms with van der Waals surface area (Å²) in [5.74, 6) is -0.751. The summed E-state index contributed by atoms with van der Waals surface area (Å²) in [7, 11) is 1.54. The third-order valence-corrected chi connectivity index (χ3v) is 6.21. The topological polar surface area (TPSA) is 49.9 Å². The number of carbonyl (C=O) groups excluding carboxylic acids is 2. The van der Waals surface area contributed by atoms with Crippen molar-refractivity contribution in [1.29, 1.82) is 0 Å². The number of benzene rings is 2. The molecule has 1 heterocycles. The van der Waals surface area contributed by atoms with E-state index >= 15 is 0 Å². The molecule has 35 heavy (non-hydrogen) atoms. The third kappa shape index (κ3) is 7.93. The summed E-state index contributed by atoms with van der Waals surface area (Å²) in [6.45, 7) is 1.19. The molecule has 0 saturated heterocycles. The summed E-state index contributed by atoms with van der Waals surface area (Å²) in [4.78, 5) is 30.6. The highest BCUT2D eigenvalue weighted by Crippen LogP contribution is 2.29. The average molecular weight is 505 g/mol. The molecule has 0 atom stereocenters. The maximum Gasteiger partial charge on any atom is 0.416 e. The quantitative estimate of drug-likeness (QED) is 0.325. The van der Waals surface area contributed by atoms with Gasteiger partial charge < -0.3 is 14.5 Å². The molecule has 9 heteroatoms. The summed E-state index contributed by atoms with van der Waals surface area (Å²) in [5.41, 5.74) is 0.217. The zero-order chi connectivity index (χ0) is 25.3. The van der Waals surface area contributed by atoms with E-state index in [1.165, 1.54) is 23.3 Å². The van der Waals surface area contributed by atoms with Crippen LogP contribution < -0.4 is 0 Å². The summed E-state index contributed by atoms with van der Waals surface area (Å²) in [6.07, 6.45) is -4.00. The van der Waals surface area contributed by atoms with Crippen LogP contribution >= 0.6 is 11.3 Å². The first-order chi connectivity index (χ1) is 16.8. The van der Waals surface area contributed by atoms with Crippen LogP contribution in [0.4, 0.5) is 13.2 Å². The number of methoxy groups -OCH3 is 1. The van der Waals surface area contributed by atoms with Gasteiger partial charge in [0.25, 0.3) is 5.91 Å². The van der Waals surface area contributed by atoms with Crippen molar-refractivity contribution in [2.24, 2.45) is 0 Å². The minimum Gasteiger partial charge on any atom is -0.385 e. The molecule has 0 saturated carbocycles. The van der Waals surface area contributed by atoms with Gasteiger partial charge in [-0.2, -0.15) is 13.2 Å². The lowest BCUT2D eigenvalue weighted by Gasteiger charge is -2.28. The normalized spacial score (nSPS) is 11.3. The third-order valence-electron chi connectivity index (χ3n) is 5.34. The second kappa shape index (κ2) is 12.5. The van der Waals surface area contributed by atoms with Crippen molar-refractivity contribution >= 4 is 23.2 Å². The van der Waals surface area contributed by atoms with Gasteiger partial charge in [-0.3, -0.25) is 9.59 Å². The van der Waals surface area contributed by atoms with Crippen molar-refractivity contribution in [1.82, 2.24) is 9.80 Å². The largest absolute Gasteiger partial charge is 0.416 e. The van der Waals surface area contributed by atoms with E-state index < -0.39 is 17.6 Å². The highest BCUT2D eigenvalue weighted by molar-refractivity contribution is 7.09. The first-order valence-corrected chi connectivity index (χ1v) is 12.0. The van der Waals surface area contributed by atoms with Gasteiger partial charge in [0.1, 0.15) is 6.54 Å². The van der Waals surface area contributed by atoms with E-state index in [4.69, 9.17) is 4.74 Å².